The Labute approximate surface area is 264 Å². The number of nitrogens with one attached hydrogen (secondary N) is 1. The molecule has 0 saturated carbocycles. The van der Waals surface area contributed by atoms with Crippen molar-refractivity contribution in [1.82, 2.24) is 4.90 Å². The monoisotopic (exact) mass is 646 g/mol. The Morgan fingerprint density at radius 3 is 2.14 bits per heavy atom. The molecule has 1 heterocycles. The van der Waals surface area contributed by atoms with Gasteiger partial charge in [0.25, 0.3) is 5.91 Å². The van der Waals surface area contributed by atoms with Crippen LogP contribution in [0.1, 0.15) is 89.3 Å². The zero-order chi connectivity index (χ0) is 31.3. The lowest BCUT2D eigenvalue weighted by atomic mass is 9.63. The largest absolute Gasteiger partial charge is 0.483 e. The van der Waals surface area contributed by atoms with Gasteiger partial charge in [-0.25, -0.2) is 0 Å². The fourth-order valence-corrected chi connectivity index (χ4v) is 7.32. The summed E-state index contributed by atoms with van der Waals surface area (Å²) in [5, 5.41) is 2.97. The molecule has 0 radical (unpaired) electrons. The molecule has 7 heteroatoms. The van der Waals surface area contributed by atoms with Gasteiger partial charge in [0, 0.05) is 63.6 Å². The van der Waals surface area contributed by atoms with Crippen LogP contribution in [0.4, 0.5) is 5.69 Å². The fourth-order valence-electron chi connectivity index (χ4n) is 6.94. The summed E-state index contributed by atoms with van der Waals surface area (Å²) in [6, 6.07) is 11.5. The third-order valence-corrected chi connectivity index (χ3v) is 9.48. The lowest BCUT2D eigenvalue weighted by Gasteiger charge is -2.49. The number of hydrogen-bond donors (Lipinski definition) is 1. The number of halogens is 1. The Balaban J connectivity index is 1.60. The summed E-state index contributed by atoms with van der Waals surface area (Å²) in [5.74, 6) is -0.145. The Kier molecular flexibility index (Phi) is 8.51. The van der Waals surface area contributed by atoms with Gasteiger partial charge in [0.1, 0.15) is 5.75 Å². The van der Waals surface area contributed by atoms with E-state index in [1.54, 1.807) is 0 Å². The molecule has 1 N–H and O–H groups in total. The van der Waals surface area contributed by atoms with E-state index in [0.29, 0.717) is 29.7 Å². The minimum atomic E-state index is -0.542. The van der Waals surface area contributed by atoms with E-state index in [1.807, 2.05) is 50.2 Å². The van der Waals surface area contributed by atoms with Gasteiger partial charge in [-0.2, -0.15) is 0 Å². The maximum Gasteiger partial charge on any atom is 0.262 e. The first-order chi connectivity index (χ1) is 20.2. The van der Waals surface area contributed by atoms with Crippen molar-refractivity contribution in [2.45, 2.75) is 86.5 Å². The third kappa shape index (κ3) is 6.24. The fraction of sp³-hybridized carbons (Fsp3) is 0.472. The summed E-state index contributed by atoms with van der Waals surface area (Å²) in [6.07, 6.45) is 3.28. The first-order valence-electron chi connectivity index (χ1n) is 15.3. The van der Waals surface area contributed by atoms with Crippen LogP contribution in [-0.4, -0.2) is 35.5 Å². The van der Waals surface area contributed by atoms with Gasteiger partial charge in [-0.1, -0.05) is 62.7 Å². The highest BCUT2D eigenvalue weighted by molar-refractivity contribution is 9.10. The molecule has 0 saturated heterocycles. The summed E-state index contributed by atoms with van der Waals surface area (Å²) in [7, 11) is 0. The number of amides is 1. The lowest BCUT2D eigenvalue weighted by molar-refractivity contribution is -0.120. The summed E-state index contributed by atoms with van der Waals surface area (Å²) in [4.78, 5) is 43.5. The smallest absolute Gasteiger partial charge is 0.262 e. The van der Waals surface area contributed by atoms with Gasteiger partial charge in [-0.3, -0.25) is 14.4 Å². The van der Waals surface area contributed by atoms with E-state index in [9.17, 15) is 14.4 Å². The van der Waals surface area contributed by atoms with E-state index in [4.69, 9.17) is 4.74 Å². The zero-order valence-electron chi connectivity index (χ0n) is 26.4. The molecule has 0 unspecified atom stereocenters. The van der Waals surface area contributed by atoms with Crippen LogP contribution in [0.3, 0.4) is 0 Å². The van der Waals surface area contributed by atoms with Gasteiger partial charge in [-0.15, -0.1) is 0 Å². The molecule has 0 fully saturated rings. The Bertz CT molecular complexity index is 1510. The van der Waals surface area contributed by atoms with Crippen LogP contribution in [0, 0.1) is 24.7 Å². The molecule has 1 aliphatic heterocycles. The van der Waals surface area contributed by atoms with Crippen molar-refractivity contribution in [2.75, 3.05) is 18.5 Å². The van der Waals surface area contributed by atoms with Crippen molar-refractivity contribution in [3.63, 3.8) is 0 Å². The van der Waals surface area contributed by atoms with Gasteiger partial charge in [0.05, 0.1) is 0 Å². The molecule has 2 aromatic rings. The molecule has 3 aliphatic rings. The van der Waals surface area contributed by atoms with Crippen molar-refractivity contribution in [2.24, 2.45) is 10.8 Å². The topological polar surface area (TPSA) is 75.7 Å². The molecule has 5 rings (SSSR count). The highest BCUT2D eigenvalue weighted by Crippen LogP contribution is 2.55. The number of rotatable bonds is 7. The number of Topliss-reactive ketones (excluding diaryl/α,β-unsaturated/α-hetero) is 2. The summed E-state index contributed by atoms with van der Waals surface area (Å²) in [5.41, 5.74) is 6.74. The maximum atomic E-state index is 14.1. The van der Waals surface area contributed by atoms with E-state index in [-0.39, 0.29) is 34.9 Å². The van der Waals surface area contributed by atoms with Crippen LogP contribution < -0.4 is 10.1 Å². The number of aryl methyl sites for hydroxylation is 1. The van der Waals surface area contributed by atoms with Gasteiger partial charge in [0.2, 0.25) is 0 Å². The minimum Gasteiger partial charge on any atom is -0.483 e. The molecular formula is C36H43BrN2O4. The Hall–Kier alpha value is -3.19. The number of ether oxygens (including phenoxy) is 1. The molecular weight excluding hydrogens is 604 g/mol. The van der Waals surface area contributed by atoms with Crippen molar-refractivity contribution in [1.29, 1.82) is 0 Å². The van der Waals surface area contributed by atoms with E-state index < -0.39 is 5.92 Å². The Morgan fingerprint density at radius 2 is 1.56 bits per heavy atom. The van der Waals surface area contributed by atoms with Crippen molar-refractivity contribution in [3.8, 4) is 5.75 Å². The third-order valence-electron chi connectivity index (χ3n) is 8.99. The average molecular weight is 648 g/mol. The second kappa shape index (κ2) is 11.7. The molecule has 43 heavy (non-hydrogen) atoms. The number of ketones is 2. The predicted octanol–water partition coefficient (Wildman–Crippen LogP) is 8.18. The van der Waals surface area contributed by atoms with Crippen LogP contribution in [0.15, 0.2) is 63.4 Å². The Morgan fingerprint density at radius 1 is 0.953 bits per heavy atom. The van der Waals surface area contributed by atoms with E-state index in [2.05, 4.69) is 60.8 Å². The van der Waals surface area contributed by atoms with Crippen LogP contribution >= 0.6 is 15.9 Å². The highest BCUT2D eigenvalue weighted by atomic mass is 79.9. The zero-order valence-corrected chi connectivity index (χ0v) is 28.0. The predicted molar refractivity (Wildman–Crippen MR) is 174 cm³/mol. The highest BCUT2D eigenvalue weighted by Gasteiger charge is 2.49. The van der Waals surface area contributed by atoms with Gasteiger partial charge in [0.15, 0.2) is 18.2 Å². The summed E-state index contributed by atoms with van der Waals surface area (Å²) < 4.78 is 7.04. The first-order valence-corrected chi connectivity index (χ1v) is 16.1. The number of benzene rings is 2. The van der Waals surface area contributed by atoms with E-state index in [0.717, 1.165) is 64.1 Å². The maximum absolute atomic E-state index is 14.1. The molecule has 0 atom stereocenters. The van der Waals surface area contributed by atoms with Gasteiger partial charge in [-0.05, 0) is 79.3 Å². The number of anilines is 1. The molecule has 0 spiro atoms. The number of allylic oxidation sites excluding steroid dienone is 4. The molecule has 0 aromatic heterocycles. The molecule has 2 aromatic carbocycles. The van der Waals surface area contributed by atoms with Crippen molar-refractivity contribution >= 4 is 39.1 Å². The van der Waals surface area contributed by atoms with E-state index >= 15 is 0 Å². The minimum absolute atomic E-state index is 0.0835. The first kappa shape index (κ1) is 31.2. The molecule has 2 aliphatic carbocycles. The lowest BCUT2D eigenvalue weighted by Crippen LogP contribution is -2.44. The SMILES string of the molecule is CCCN1C2=C(C(=O)CC(C)(C)C2)C(c2cc(Br)ccc2OCC(=O)Nc2cccc(C)c2C)C2=C1CC(C)(C)CC2=O. The van der Waals surface area contributed by atoms with Crippen molar-refractivity contribution in [3.05, 3.63) is 80.1 Å². The molecule has 228 valence electrons. The standard InChI is InChI=1S/C36H43BrN2O4/c1-8-14-39-26-16-35(4,5)18-28(40)33(26)32(34-27(39)17-36(6,7)19-29(34)41)24-15-23(37)12-13-30(24)43-20-31(42)38-25-11-9-10-21(2)22(25)3/h9-13,15,32H,8,14,16-20H2,1-7H3,(H,38,42). The number of hydrogen-bond acceptors (Lipinski definition) is 5. The van der Waals surface area contributed by atoms with Crippen LogP contribution in [0.2, 0.25) is 0 Å². The van der Waals surface area contributed by atoms with Crippen LogP contribution in [0.25, 0.3) is 0 Å². The van der Waals surface area contributed by atoms with Crippen LogP contribution in [-0.2, 0) is 14.4 Å². The molecule has 0 bridgehead atoms. The normalized spacial score (nSPS) is 19.8. The van der Waals surface area contributed by atoms with Crippen LogP contribution in [0.5, 0.6) is 5.75 Å². The number of carbonyl (C=O) groups is 3. The quantitative estimate of drug-likeness (QED) is 0.328. The van der Waals surface area contributed by atoms with Gasteiger partial charge >= 0.3 is 0 Å². The average Bonchev–Trinajstić information content (AvgIpc) is 2.90. The van der Waals surface area contributed by atoms with Crippen molar-refractivity contribution < 1.29 is 19.1 Å². The van der Waals surface area contributed by atoms with E-state index in [1.165, 1.54) is 0 Å². The molecule has 6 nitrogen and oxygen atoms in total. The summed E-state index contributed by atoms with van der Waals surface area (Å²) >= 11 is 3.63. The second-order valence-corrected chi connectivity index (χ2v) is 14.9. The molecule has 1 amide bonds. The number of nitrogens with zero attached hydrogens (tertiary/aromatic N) is 1. The number of carbonyl (C=O) groups excluding carboxylic acids is 3. The summed E-state index contributed by atoms with van der Waals surface area (Å²) in [6.45, 7) is 15.3. The second-order valence-electron chi connectivity index (χ2n) is 14.0. The van der Waals surface area contributed by atoms with Gasteiger partial charge < -0.3 is 15.0 Å².